The van der Waals surface area contributed by atoms with Crippen LogP contribution in [0.4, 0.5) is 0 Å². The number of rotatable bonds is 9. The minimum Gasteiger partial charge on any atom is -0.378 e. The third-order valence-electron chi connectivity index (χ3n) is 2.49. The van der Waals surface area contributed by atoms with Gasteiger partial charge in [-0.25, -0.2) is 0 Å². The van der Waals surface area contributed by atoms with E-state index in [2.05, 4.69) is 28.3 Å². The van der Waals surface area contributed by atoms with Gasteiger partial charge in [-0.2, -0.15) is 5.10 Å². The minimum absolute atomic E-state index is 0.157. The van der Waals surface area contributed by atoms with Crippen molar-refractivity contribution in [2.45, 2.75) is 6.92 Å². The van der Waals surface area contributed by atoms with Gasteiger partial charge in [-0.3, -0.25) is 10.2 Å². The van der Waals surface area contributed by atoms with Gasteiger partial charge < -0.3 is 15.8 Å². The largest absolute Gasteiger partial charge is 0.378 e. The average molecular weight is 308 g/mol. The van der Waals surface area contributed by atoms with Gasteiger partial charge in [-0.1, -0.05) is 17.5 Å². The van der Waals surface area contributed by atoms with Gasteiger partial charge in [0.15, 0.2) is 0 Å². The van der Waals surface area contributed by atoms with Crippen LogP contribution in [0.2, 0.25) is 0 Å². The predicted molar refractivity (Wildman–Crippen MR) is 86.6 cm³/mol. The topological polar surface area (TPSA) is 88.7 Å². The third kappa shape index (κ3) is 6.46. The molecule has 0 unspecified atom stereocenters. The Bertz CT molecular complexity index is 505. The molecule has 0 aliphatic carbocycles. The standard InChI is InChI=1S/C14H20N4O2S/c1-11(9-18-16-2)12-3-4-13(21-10-12)14(19)17-6-8-20-7-5-15/h3,9-10,18H,2,5-8,15H2,1H3,(H,17,19)/b11-9+. The molecule has 0 aromatic rings. The Morgan fingerprint density at radius 3 is 3.05 bits per heavy atom. The molecule has 0 saturated carbocycles. The van der Waals surface area contributed by atoms with E-state index in [-0.39, 0.29) is 5.91 Å². The highest BCUT2D eigenvalue weighted by atomic mass is 32.2. The summed E-state index contributed by atoms with van der Waals surface area (Å²) in [5.41, 5.74) is 12.9. The van der Waals surface area contributed by atoms with Crippen molar-refractivity contribution in [2.75, 3.05) is 26.3 Å². The van der Waals surface area contributed by atoms with Crippen LogP contribution in [0.3, 0.4) is 0 Å². The lowest BCUT2D eigenvalue weighted by Crippen LogP contribution is -2.28. The Balaban J connectivity index is 2.46. The fourth-order valence-corrected chi connectivity index (χ4v) is 2.19. The number of hydrogen-bond donors (Lipinski definition) is 3. The van der Waals surface area contributed by atoms with E-state index in [1.54, 1.807) is 12.3 Å². The van der Waals surface area contributed by atoms with Crippen molar-refractivity contribution in [1.82, 2.24) is 10.7 Å². The molecule has 0 spiro atoms. The molecule has 0 atom stereocenters. The highest BCUT2D eigenvalue weighted by Crippen LogP contribution is 2.26. The van der Waals surface area contributed by atoms with Gasteiger partial charge in [0.2, 0.25) is 0 Å². The van der Waals surface area contributed by atoms with Crippen LogP contribution < -0.4 is 16.5 Å². The summed E-state index contributed by atoms with van der Waals surface area (Å²) in [6.07, 6.45) is 3.50. The van der Waals surface area contributed by atoms with Crippen molar-refractivity contribution in [3.05, 3.63) is 39.5 Å². The van der Waals surface area contributed by atoms with Crippen molar-refractivity contribution < 1.29 is 9.53 Å². The molecule has 21 heavy (non-hydrogen) atoms. The summed E-state index contributed by atoms with van der Waals surface area (Å²) < 4.78 is 5.18. The Morgan fingerprint density at radius 1 is 1.62 bits per heavy atom. The van der Waals surface area contributed by atoms with E-state index >= 15 is 0 Å². The van der Waals surface area contributed by atoms with Crippen LogP contribution >= 0.6 is 11.8 Å². The van der Waals surface area contributed by atoms with Gasteiger partial charge in [0.1, 0.15) is 4.91 Å². The highest BCUT2D eigenvalue weighted by Gasteiger charge is 2.11. The van der Waals surface area contributed by atoms with Crippen LogP contribution in [0.5, 0.6) is 0 Å². The number of nitrogens with two attached hydrogens (primary N) is 1. The number of nitrogens with one attached hydrogen (secondary N) is 2. The van der Waals surface area contributed by atoms with Crippen LogP contribution in [0.1, 0.15) is 6.92 Å². The normalized spacial score (nSPS) is 14.3. The zero-order chi connectivity index (χ0) is 15.5. The third-order valence-corrected chi connectivity index (χ3v) is 3.40. The molecule has 1 heterocycles. The van der Waals surface area contributed by atoms with Gasteiger partial charge in [0.05, 0.1) is 13.2 Å². The lowest BCUT2D eigenvalue weighted by molar-refractivity contribution is -0.117. The molecule has 1 amide bonds. The first-order valence-electron chi connectivity index (χ1n) is 6.47. The Kier molecular flexibility index (Phi) is 8.23. The number of hydrogen-bond acceptors (Lipinski definition) is 6. The maximum absolute atomic E-state index is 11.9. The zero-order valence-corrected chi connectivity index (χ0v) is 12.8. The summed E-state index contributed by atoms with van der Waals surface area (Å²) in [6.45, 7) is 7.15. The fraction of sp³-hybridized carbons (Fsp3) is 0.357. The van der Waals surface area contributed by atoms with Crippen LogP contribution in [-0.2, 0) is 9.53 Å². The molecule has 0 aromatic heterocycles. The second kappa shape index (κ2) is 10.0. The average Bonchev–Trinajstić information content (AvgIpc) is 2.52. The molecular weight excluding hydrogens is 288 g/mol. The smallest absolute Gasteiger partial charge is 0.266 e. The van der Waals surface area contributed by atoms with Crippen LogP contribution in [0, 0.1) is 0 Å². The predicted octanol–water partition coefficient (Wildman–Crippen LogP) is 0.857. The lowest BCUT2D eigenvalue weighted by atomic mass is 10.1. The molecule has 114 valence electrons. The second-order valence-corrected chi connectivity index (χ2v) is 4.96. The van der Waals surface area contributed by atoms with Gasteiger partial charge in [-0.05, 0) is 29.6 Å². The number of allylic oxidation sites excluding steroid dienone is 2. The number of thioether (sulfide) groups is 1. The van der Waals surface area contributed by atoms with Gasteiger partial charge in [0.25, 0.3) is 5.91 Å². The summed E-state index contributed by atoms with van der Waals surface area (Å²) >= 11 is 1.33. The van der Waals surface area contributed by atoms with E-state index in [9.17, 15) is 4.79 Å². The maximum atomic E-state index is 11.9. The Labute approximate surface area is 128 Å². The van der Waals surface area contributed by atoms with Crippen molar-refractivity contribution in [3.63, 3.8) is 0 Å². The van der Waals surface area contributed by atoms with Crippen molar-refractivity contribution in [2.24, 2.45) is 10.8 Å². The molecule has 7 heteroatoms. The van der Waals surface area contributed by atoms with E-state index in [0.29, 0.717) is 31.2 Å². The summed E-state index contributed by atoms with van der Waals surface area (Å²) in [4.78, 5) is 12.4. The minimum atomic E-state index is -0.157. The summed E-state index contributed by atoms with van der Waals surface area (Å²) in [5.74, 6) is -0.157. The number of nitrogens with zero attached hydrogens (tertiary/aromatic N) is 1. The summed E-state index contributed by atoms with van der Waals surface area (Å²) in [5, 5.41) is 8.20. The molecule has 6 nitrogen and oxygen atoms in total. The van der Waals surface area contributed by atoms with E-state index in [1.165, 1.54) is 11.8 Å². The molecule has 0 bridgehead atoms. The monoisotopic (exact) mass is 308 g/mol. The van der Waals surface area contributed by atoms with Crippen LogP contribution in [-0.4, -0.2) is 38.9 Å². The van der Waals surface area contributed by atoms with E-state index in [0.717, 1.165) is 11.1 Å². The molecule has 1 aliphatic rings. The van der Waals surface area contributed by atoms with Crippen molar-refractivity contribution >= 4 is 24.4 Å². The number of amides is 1. The second-order valence-electron chi connectivity index (χ2n) is 4.08. The summed E-state index contributed by atoms with van der Waals surface area (Å²) in [7, 11) is 0. The maximum Gasteiger partial charge on any atom is 0.266 e. The highest BCUT2D eigenvalue weighted by molar-refractivity contribution is 8.06. The van der Waals surface area contributed by atoms with Crippen molar-refractivity contribution in [1.29, 1.82) is 0 Å². The van der Waals surface area contributed by atoms with Gasteiger partial charge in [-0.15, -0.1) is 0 Å². The quantitative estimate of drug-likeness (QED) is 0.254. The molecule has 0 aromatic carbocycles. The van der Waals surface area contributed by atoms with E-state index in [1.807, 2.05) is 12.3 Å². The molecule has 1 rings (SSSR count). The van der Waals surface area contributed by atoms with E-state index < -0.39 is 0 Å². The van der Waals surface area contributed by atoms with E-state index in [4.69, 9.17) is 10.5 Å². The first-order chi connectivity index (χ1) is 10.2. The fourth-order valence-electron chi connectivity index (χ4n) is 1.39. The molecule has 1 aliphatic heterocycles. The number of carbonyl (C=O) groups is 1. The van der Waals surface area contributed by atoms with Crippen molar-refractivity contribution in [3.8, 4) is 0 Å². The molecule has 0 saturated heterocycles. The van der Waals surface area contributed by atoms with Crippen LogP contribution in [0.25, 0.3) is 0 Å². The number of hydrazone groups is 1. The molecule has 0 fully saturated rings. The number of carbonyl (C=O) groups excluding carboxylic acids is 1. The first-order valence-corrected chi connectivity index (χ1v) is 7.35. The molecule has 0 radical (unpaired) electrons. The SMILES string of the molecule is C=NN/C=C(\C)C1=CSC(C(=O)NCCOCCN)=C=C1. The summed E-state index contributed by atoms with van der Waals surface area (Å²) in [6, 6.07) is 0. The molecule has 4 N–H and O–H groups in total. The Hall–Kier alpha value is -1.79. The number of ether oxygens (including phenoxy) is 1. The van der Waals surface area contributed by atoms with Crippen LogP contribution in [0.15, 0.2) is 44.6 Å². The van der Waals surface area contributed by atoms with Gasteiger partial charge >= 0.3 is 0 Å². The first kappa shape index (κ1) is 17.3. The zero-order valence-electron chi connectivity index (χ0n) is 12.0. The Morgan fingerprint density at radius 2 is 2.43 bits per heavy atom. The molecular formula is C14H20N4O2S. The lowest BCUT2D eigenvalue weighted by Gasteiger charge is -2.09. The van der Waals surface area contributed by atoms with Gasteiger partial charge in [0, 0.05) is 26.0 Å².